The molecule has 4 nitrogen and oxygen atoms in total. The second-order valence-corrected chi connectivity index (χ2v) is 3.19. The van der Waals surface area contributed by atoms with Crippen LogP contribution in [-0.2, 0) is 9.53 Å². The highest BCUT2D eigenvalue weighted by molar-refractivity contribution is 6.31. The molecule has 0 saturated heterocycles. The van der Waals surface area contributed by atoms with Crippen LogP contribution in [0, 0.1) is 11.3 Å². The molecule has 0 aromatic heterocycles. The monoisotopic (exact) mass is 236 g/mol. The summed E-state index contributed by atoms with van der Waals surface area (Å²) in [6, 6.07) is 6.59. The molecule has 1 rings (SSSR count). The van der Waals surface area contributed by atoms with Crippen LogP contribution < -0.4 is 0 Å². The van der Waals surface area contributed by atoms with Gasteiger partial charge < -0.3 is 4.74 Å². The molecule has 0 bridgehead atoms. The van der Waals surface area contributed by atoms with Crippen LogP contribution in [0.15, 0.2) is 23.2 Å². The Labute approximate surface area is 98.1 Å². The molecule has 0 aliphatic carbocycles. The van der Waals surface area contributed by atoms with Gasteiger partial charge in [-0.05, 0) is 25.1 Å². The first-order chi connectivity index (χ1) is 7.67. The topological polar surface area (TPSA) is 62.4 Å². The molecule has 16 heavy (non-hydrogen) atoms. The fourth-order valence-corrected chi connectivity index (χ4v) is 1.15. The number of halogens is 1. The summed E-state index contributed by atoms with van der Waals surface area (Å²) >= 11 is 5.74. The van der Waals surface area contributed by atoms with Gasteiger partial charge >= 0.3 is 5.97 Å². The minimum absolute atomic E-state index is 0.301. The molecule has 0 amide bonds. The molecule has 1 aromatic carbocycles. The van der Waals surface area contributed by atoms with Crippen LogP contribution in [0.25, 0.3) is 0 Å². The van der Waals surface area contributed by atoms with Gasteiger partial charge in [0.1, 0.15) is 12.3 Å². The molecule has 0 atom stereocenters. The van der Waals surface area contributed by atoms with Crippen molar-refractivity contribution in [2.24, 2.45) is 4.99 Å². The summed E-state index contributed by atoms with van der Waals surface area (Å²) in [5, 5.41) is 9.09. The molecule has 0 saturated carbocycles. The lowest BCUT2D eigenvalue weighted by molar-refractivity contribution is -0.134. The van der Waals surface area contributed by atoms with Gasteiger partial charge in [0.2, 0.25) is 0 Å². The predicted octanol–water partition coefficient (Wildman–Crippen LogP) is 2.48. The van der Waals surface area contributed by atoms with Crippen molar-refractivity contribution in [1.29, 1.82) is 5.26 Å². The van der Waals surface area contributed by atoms with Gasteiger partial charge in [-0.2, -0.15) is 5.26 Å². The van der Waals surface area contributed by atoms with E-state index in [0.29, 0.717) is 22.9 Å². The lowest BCUT2D eigenvalue weighted by Gasteiger charge is -1.97. The first-order valence-corrected chi connectivity index (χ1v) is 4.95. The maximum Gasteiger partial charge on any atom is 0.349 e. The minimum Gasteiger partial charge on any atom is -0.462 e. The third-order valence-corrected chi connectivity index (χ3v) is 2.01. The molecule has 0 N–H and O–H groups in total. The second-order valence-electron chi connectivity index (χ2n) is 2.79. The average Bonchev–Trinajstić information content (AvgIpc) is 2.28. The summed E-state index contributed by atoms with van der Waals surface area (Å²) in [6.45, 7) is 2.01. The number of nitrogens with zero attached hydrogens (tertiary/aromatic N) is 2. The third-order valence-electron chi connectivity index (χ3n) is 1.68. The summed E-state index contributed by atoms with van der Waals surface area (Å²) in [6.07, 6.45) is 1.06. The second kappa shape index (κ2) is 5.89. The van der Waals surface area contributed by atoms with Gasteiger partial charge in [-0.3, -0.25) is 0 Å². The zero-order valence-electron chi connectivity index (χ0n) is 8.61. The van der Waals surface area contributed by atoms with Crippen molar-refractivity contribution < 1.29 is 9.53 Å². The highest BCUT2D eigenvalue weighted by Gasteiger charge is 2.00. The number of carbonyl (C=O) groups is 1. The van der Waals surface area contributed by atoms with Gasteiger partial charge in [0, 0.05) is 0 Å². The van der Waals surface area contributed by atoms with Crippen molar-refractivity contribution in [1.82, 2.24) is 0 Å². The van der Waals surface area contributed by atoms with Gasteiger partial charge in [-0.25, -0.2) is 9.79 Å². The van der Waals surface area contributed by atoms with E-state index in [1.165, 1.54) is 6.07 Å². The van der Waals surface area contributed by atoms with Gasteiger partial charge in [0.25, 0.3) is 0 Å². The Morgan fingerprint density at radius 1 is 1.69 bits per heavy atom. The van der Waals surface area contributed by atoms with Gasteiger partial charge in [-0.1, -0.05) is 11.6 Å². The van der Waals surface area contributed by atoms with Crippen molar-refractivity contribution in [3.63, 3.8) is 0 Å². The van der Waals surface area contributed by atoms with Crippen LogP contribution in [0.3, 0.4) is 0 Å². The van der Waals surface area contributed by atoms with Crippen molar-refractivity contribution in [2.45, 2.75) is 6.92 Å². The van der Waals surface area contributed by atoms with Gasteiger partial charge in [0.15, 0.2) is 0 Å². The Morgan fingerprint density at radius 3 is 3.06 bits per heavy atom. The summed E-state index contributed by atoms with van der Waals surface area (Å²) < 4.78 is 4.66. The van der Waals surface area contributed by atoms with E-state index in [1.807, 2.05) is 6.07 Å². The Morgan fingerprint density at radius 2 is 2.44 bits per heavy atom. The predicted molar refractivity (Wildman–Crippen MR) is 61.0 cm³/mol. The Hall–Kier alpha value is -1.86. The molecule has 5 heteroatoms. The molecule has 0 unspecified atom stereocenters. The smallest absolute Gasteiger partial charge is 0.349 e. The Balaban J connectivity index is 2.83. The Kier molecular flexibility index (Phi) is 4.49. The SMILES string of the molecule is CCOC(=O)C=Nc1ccc(Cl)c(C#N)c1. The highest BCUT2D eigenvalue weighted by atomic mass is 35.5. The minimum atomic E-state index is -0.518. The number of aliphatic imine (C=N–C) groups is 1. The zero-order valence-corrected chi connectivity index (χ0v) is 9.36. The molecule has 82 valence electrons. The van der Waals surface area contributed by atoms with Crippen molar-refractivity contribution in [3.8, 4) is 6.07 Å². The number of nitriles is 1. The lowest BCUT2D eigenvalue weighted by Crippen LogP contribution is -2.04. The fourth-order valence-electron chi connectivity index (χ4n) is 0.986. The van der Waals surface area contributed by atoms with E-state index in [9.17, 15) is 4.79 Å². The first kappa shape index (κ1) is 12.2. The number of hydrogen-bond donors (Lipinski definition) is 0. The van der Waals surface area contributed by atoms with E-state index >= 15 is 0 Å². The normalized spacial score (nSPS) is 10.1. The lowest BCUT2D eigenvalue weighted by atomic mass is 10.2. The molecule has 0 radical (unpaired) electrons. The van der Waals surface area contributed by atoms with E-state index in [4.69, 9.17) is 16.9 Å². The van der Waals surface area contributed by atoms with Crippen LogP contribution in [0.4, 0.5) is 5.69 Å². The summed E-state index contributed by atoms with van der Waals surface area (Å²) in [5.74, 6) is -0.518. The quantitative estimate of drug-likeness (QED) is 0.598. The highest BCUT2D eigenvalue weighted by Crippen LogP contribution is 2.21. The number of benzene rings is 1. The first-order valence-electron chi connectivity index (χ1n) is 4.58. The number of hydrogen-bond acceptors (Lipinski definition) is 4. The maximum absolute atomic E-state index is 11.0. The van der Waals surface area contributed by atoms with Gasteiger partial charge in [0.05, 0.1) is 22.9 Å². The molecule has 0 aliphatic heterocycles. The summed E-state index contributed by atoms with van der Waals surface area (Å²) in [7, 11) is 0. The zero-order chi connectivity index (χ0) is 12.0. The largest absolute Gasteiger partial charge is 0.462 e. The van der Waals surface area contributed by atoms with E-state index in [-0.39, 0.29) is 0 Å². The fraction of sp³-hybridized carbons (Fsp3) is 0.182. The Bertz CT molecular complexity index is 464. The van der Waals surface area contributed by atoms with Crippen LogP contribution in [0.1, 0.15) is 12.5 Å². The van der Waals surface area contributed by atoms with Crippen molar-refractivity contribution in [2.75, 3.05) is 6.61 Å². The number of ether oxygens (including phenoxy) is 1. The summed E-state index contributed by atoms with van der Waals surface area (Å²) in [5.41, 5.74) is 0.800. The molecule has 0 fully saturated rings. The standard InChI is InChI=1S/C11H9ClN2O2/c1-2-16-11(15)7-14-9-3-4-10(12)8(5-9)6-13/h3-5,7H,2H2,1H3. The van der Waals surface area contributed by atoms with E-state index in [0.717, 1.165) is 6.21 Å². The maximum atomic E-state index is 11.0. The van der Waals surface area contributed by atoms with Crippen LogP contribution in [0.2, 0.25) is 5.02 Å². The molecule has 0 heterocycles. The van der Waals surface area contributed by atoms with E-state index in [1.54, 1.807) is 19.1 Å². The van der Waals surface area contributed by atoms with Crippen molar-refractivity contribution in [3.05, 3.63) is 28.8 Å². The molecule has 1 aromatic rings. The van der Waals surface area contributed by atoms with Crippen LogP contribution in [0.5, 0.6) is 0 Å². The van der Waals surface area contributed by atoms with Crippen LogP contribution in [-0.4, -0.2) is 18.8 Å². The average molecular weight is 237 g/mol. The number of esters is 1. The molecule has 0 aliphatic rings. The third kappa shape index (κ3) is 3.37. The van der Waals surface area contributed by atoms with Gasteiger partial charge in [-0.15, -0.1) is 0 Å². The summed E-state index contributed by atoms with van der Waals surface area (Å²) in [4.78, 5) is 14.8. The molecule has 0 spiro atoms. The molecular weight excluding hydrogens is 228 g/mol. The van der Waals surface area contributed by atoms with Crippen LogP contribution >= 0.6 is 11.6 Å². The van der Waals surface area contributed by atoms with E-state index in [2.05, 4.69) is 9.73 Å². The number of carbonyl (C=O) groups excluding carboxylic acids is 1. The van der Waals surface area contributed by atoms with E-state index < -0.39 is 5.97 Å². The number of rotatable bonds is 3. The van der Waals surface area contributed by atoms with Crippen molar-refractivity contribution >= 4 is 29.5 Å². The molecular formula is C11H9ClN2O2.